The molecule has 0 aliphatic heterocycles. The smallest absolute Gasteiger partial charge is 0.101 e. The topological polar surface area (TPSA) is 6.48 Å². The van der Waals surface area contributed by atoms with Crippen LogP contribution < -0.4 is 9.80 Å². The van der Waals surface area contributed by atoms with Gasteiger partial charge in [0.25, 0.3) is 0 Å². The highest BCUT2D eigenvalue weighted by molar-refractivity contribution is 7.26. The lowest BCUT2D eigenvalue weighted by atomic mass is 9.99. The van der Waals surface area contributed by atoms with E-state index in [1.165, 1.54) is 75.1 Å². The molecule has 4 heteroatoms. The number of hydrogen-bond acceptors (Lipinski definition) is 4. The molecule has 10 aromatic carbocycles. The van der Waals surface area contributed by atoms with Crippen LogP contribution in [-0.4, -0.2) is 0 Å². The summed E-state index contributed by atoms with van der Waals surface area (Å²) in [5, 5.41) is 12.2. The number of hydrogen-bond donors (Lipinski definition) is 0. The van der Waals surface area contributed by atoms with E-state index in [9.17, 15) is 0 Å². The van der Waals surface area contributed by atoms with Gasteiger partial charge in [0.05, 0.1) is 21.1 Å². The second kappa shape index (κ2) is 16.2. The Kier molecular flexibility index (Phi) is 9.59. The Morgan fingerprint density at radius 3 is 0.969 bits per heavy atom. The standard InChI is InChI=1S/C60H40N2S2/c1-5-21-41(22-6-1)53-39-57(61(45-27-9-3-10-28-45)55-37-43-25-13-15-31-47(43)49-33-17-19-35-51(49)55)63-59(53)60-54(42-23-7-2-8-24-42)40-58(64-60)62(46-29-11-4-12-30-46)56-38-44-26-14-16-32-48(44)50-34-18-20-36-52(50)56/h1-40H. The average molecular weight is 853 g/mol. The van der Waals surface area contributed by atoms with Gasteiger partial charge < -0.3 is 9.80 Å². The van der Waals surface area contributed by atoms with Gasteiger partial charge in [-0.05, 0) is 92.0 Å². The molecule has 2 aromatic heterocycles. The highest BCUT2D eigenvalue weighted by Gasteiger charge is 2.27. The second-order valence-corrected chi connectivity index (χ2v) is 18.1. The molecular formula is C60H40N2S2. The number of rotatable bonds is 9. The maximum absolute atomic E-state index is 2.48. The summed E-state index contributed by atoms with van der Waals surface area (Å²) in [5.41, 5.74) is 9.33. The van der Waals surface area contributed by atoms with Crippen molar-refractivity contribution in [2.24, 2.45) is 0 Å². The predicted octanol–water partition coefficient (Wildman–Crippen LogP) is 18.4. The quantitative estimate of drug-likeness (QED) is 0.134. The van der Waals surface area contributed by atoms with Crippen LogP contribution in [0.2, 0.25) is 0 Å². The van der Waals surface area contributed by atoms with E-state index in [0.29, 0.717) is 0 Å². The number of benzene rings is 10. The van der Waals surface area contributed by atoms with E-state index in [4.69, 9.17) is 0 Å². The lowest BCUT2D eigenvalue weighted by Crippen LogP contribution is -2.09. The summed E-state index contributed by atoms with van der Waals surface area (Å²) < 4.78 is 0. The molecule has 0 radical (unpaired) electrons. The van der Waals surface area contributed by atoms with Crippen molar-refractivity contribution in [3.8, 4) is 32.0 Å². The van der Waals surface area contributed by atoms with E-state index in [2.05, 4.69) is 252 Å². The van der Waals surface area contributed by atoms with Crippen molar-refractivity contribution in [3.63, 3.8) is 0 Å². The summed E-state index contributed by atoms with van der Waals surface area (Å²) in [6, 6.07) is 88.4. The summed E-state index contributed by atoms with van der Waals surface area (Å²) in [5.74, 6) is 0. The molecule has 0 N–H and O–H groups in total. The van der Waals surface area contributed by atoms with Gasteiger partial charge in [-0.25, -0.2) is 0 Å². The molecule has 0 bridgehead atoms. The molecule has 0 saturated heterocycles. The second-order valence-electron chi connectivity index (χ2n) is 16.1. The van der Waals surface area contributed by atoms with E-state index in [-0.39, 0.29) is 0 Å². The fourth-order valence-corrected chi connectivity index (χ4v) is 11.9. The Hall–Kier alpha value is -7.76. The van der Waals surface area contributed by atoms with Crippen LogP contribution in [0.15, 0.2) is 243 Å². The van der Waals surface area contributed by atoms with E-state index in [1.807, 2.05) is 22.7 Å². The van der Waals surface area contributed by atoms with E-state index < -0.39 is 0 Å². The molecular weight excluding hydrogens is 813 g/mol. The first-order valence-corrected chi connectivity index (χ1v) is 23.3. The third kappa shape index (κ3) is 6.63. The summed E-state index contributed by atoms with van der Waals surface area (Å²) in [6.07, 6.45) is 0. The van der Waals surface area contributed by atoms with Crippen molar-refractivity contribution in [2.75, 3.05) is 9.80 Å². The molecule has 2 heterocycles. The zero-order chi connectivity index (χ0) is 42.4. The largest absolute Gasteiger partial charge is 0.301 e. The van der Waals surface area contributed by atoms with E-state index in [1.54, 1.807) is 0 Å². The SMILES string of the molecule is c1ccc(-c2cc(N(c3ccccc3)c3cc4ccccc4c4ccccc34)sc2-c2sc(N(c3ccccc3)c3cc4ccccc4c4ccccc34)cc2-c2ccccc2)cc1. The number of fused-ring (bicyclic) bond motifs is 6. The molecule has 0 aliphatic carbocycles. The lowest BCUT2D eigenvalue weighted by molar-refractivity contribution is 1.34. The van der Waals surface area contributed by atoms with Crippen LogP contribution >= 0.6 is 22.7 Å². The highest BCUT2D eigenvalue weighted by atomic mass is 32.1. The van der Waals surface area contributed by atoms with Crippen LogP contribution in [0.4, 0.5) is 32.8 Å². The first-order chi connectivity index (χ1) is 31.8. The van der Waals surface area contributed by atoms with Gasteiger partial charge in [-0.2, -0.15) is 0 Å². The number of nitrogens with zero attached hydrogens (tertiary/aromatic N) is 2. The minimum absolute atomic E-state index is 1.11. The molecule has 0 saturated carbocycles. The van der Waals surface area contributed by atoms with Crippen molar-refractivity contribution >= 4 is 98.5 Å². The van der Waals surface area contributed by atoms with Crippen LogP contribution in [0, 0.1) is 0 Å². The van der Waals surface area contributed by atoms with Crippen molar-refractivity contribution in [2.45, 2.75) is 0 Å². The minimum Gasteiger partial charge on any atom is -0.301 e. The first kappa shape index (κ1) is 38.0. The zero-order valence-electron chi connectivity index (χ0n) is 34.8. The fourth-order valence-electron chi connectivity index (χ4n) is 9.34. The minimum atomic E-state index is 1.11. The molecule has 0 fully saturated rings. The van der Waals surface area contributed by atoms with Gasteiger partial charge in [-0.15, -0.1) is 22.7 Å². The summed E-state index contributed by atoms with van der Waals surface area (Å²) in [4.78, 5) is 7.42. The molecule has 0 aliphatic rings. The van der Waals surface area contributed by atoms with Gasteiger partial charge in [0.2, 0.25) is 0 Å². The third-order valence-electron chi connectivity index (χ3n) is 12.3. The number of para-hydroxylation sites is 2. The van der Waals surface area contributed by atoms with E-state index in [0.717, 1.165) is 32.8 Å². The van der Waals surface area contributed by atoms with Crippen LogP contribution in [0.3, 0.4) is 0 Å². The maximum atomic E-state index is 2.48. The molecule has 0 spiro atoms. The summed E-state index contributed by atoms with van der Waals surface area (Å²) in [6.45, 7) is 0. The third-order valence-corrected chi connectivity index (χ3v) is 14.7. The Balaban J connectivity index is 1.14. The zero-order valence-corrected chi connectivity index (χ0v) is 36.4. The molecule has 0 unspecified atom stereocenters. The fraction of sp³-hybridized carbons (Fsp3) is 0. The molecule has 0 amide bonds. The molecule has 64 heavy (non-hydrogen) atoms. The predicted molar refractivity (Wildman–Crippen MR) is 278 cm³/mol. The Morgan fingerprint density at radius 1 is 0.266 bits per heavy atom. The van der Waals surface area contributed by atoms with Crippen molar-refractivity contribution in [3.05, 3.63) is 243 Å². The van der Waals surface area contributed by atoms with E-state index >= 15 is 0 Å². The number of anilines is 6. The van der Waals surface area contributed by atoms with Gasteiger partial charge in [-0.3, -0.25) is 0 Å². The molecule has 0 atom stereocenters. The summed E-state index contributed by atoms with van der Waals surface area (Å²) >= 11 is 3.73. The number of thiophene rings is 2. The first-order valence-electron chi connectivity index (χ1n) is 21.7. The van der Waals surface area contributed by atoms with Crippen LogP contribution in [0.25, 0.3) is 75.1 Å². The van der Waals surface area contributed by atoms with Gasteiger partial charge in [0, 0.05) is 33.3 Å². The maximum Gasteiger partial charge on any atom is 0.101 e. The monoisotopic (exact) mass is 852 g/mol. The molecule has 12 rings (SSSR count). The van der Waals surface area contributed by atoms with Gasteiger partial charge in [0.15, 0.2) is 0 Å². The Labute approximate surface area is 380 Å². The Morgan fingerprint density at radius 2 is 0.578 bits per heavy atom. The summed E-state index contributed by atoms with van der Waals surface area (Å²) in [7, 11) is 0. The lowest BCUT2D eigenvalue weighted by Gasteiger charge is -2.26. The van der Waals surface area contributed by atoms with Crippen molar-refractivity contribution < 1.29 is 0 Å². The van der Waals surface area contributed by atoms with Crippen LogP contribution in [0.1, 0.15) is 0 Å². The van der Waals surface area contributed by atoms with Crippen LogP contribution in [-0.2, 0) is 0 Å². The average Bonchev–Trinajstić information content (AvgIpc) is 4.01. The molecule has 2 nitrogen and oxygen atoms in total. The van der Waals surface area contributed by atoms with Gasteiger partial charge >= 0.3 is 0 Å². The molecule has 302 valence electrons. The van der Waals surface area contributed by atoms with Gasteiger partial charge in [-0.1, -0.05) is 194 Å². The van der Waals surface area contributed by atoms with Crippen molar-refractivity contribution in [1.29, 1.82) is 0 Å². The highest BCUT2D eigenvalue weighted by Crippen LogP contribution is 2.56. The van der Waals surface area contributed by atoms with Crippen molar-refractivity contribution in [1.82, 2.24) is 0 Å². The van der Waals surface area contributed by atoms with Gasteiger partial charge in [0.1, 0.15) is 10.0 Å². The van der Waals surface area contributed by atoms with Crippen LogP contribution in [0.5, 0.6) is 0 Å². The molecule has 12 aromatic rings. The normalized spacial score (nSPS) is 11.4. The Bertz CT molecular complexity index is 3370.